The fraction of sp³-hybridized carbons (Fsp3) is 0.583. The summed E-state index contributed by atoms with van der Waals surface area (Å²) in [6.45, 7) is 0. The second-order valence-electron chi connectivity index (χ2n) is 4.91. The van der Waals surface area contributed by atoms with Crippen molar-refractivity contribution in [3.05, 3.63) is 18.0 Å². The Morgan fingerprint density at radius 3 is 2.75 bits per heavy atom. The average molecular weight is 318 g/mol. The molecule has 1 aromatic heterocycles. The SMILES string of the molecule is CSC1CCCC1NS(=O)(=O)c1cc(C(=O)O)n(C)c1. The predicted octanol–water partition coefficient (Wildman–Crippen LogP) is 1.29. The molecule has 20 heavy (non-hydrogen) atoms. The van der Waals surface area contributed by atoms with Crippen LogP contribution in [0.2, 0.25) is 0 Å². The number of sulfonamides is 1. The number of carbonyl (C=O) groups is 1. The van der Waals surface area contributed by atoms with Crippen LogP contribution in [-0.4, -0.2) is 41.6 Å². The van der Waals surface area contributed by atoms with Gasteiger partial charge >= 0.3 is 5.97 Å². The van der Waals surface area contributed by atoms with Crippen molar-refractivity contribution < 1.29 is 18.3 Å². The third-order valence-corrected chi connectivity index (χ3v) is 6.20. The van der Waals surface area contributed by atoms with Gasteiger partial charge < -0.3 is 9.67 Å². The van der Waals surface area contributed by atoms with Gasteiger partial charge in [-0.1, -0.05) is 6.42 Å². The second-order valence-corrected chi connectivity index (χ2v) is 7.70. The van der Waals surface area contributed by atoms with Crippen LogP contribution < -0.4 is 4.72 Å². The molecule has 0 saturated heterocycles. The van der Waals surface area contributed by atoms with E-state index in [0.29, 0.717) is 0 Å². The number of aryl methyl sites for hydroxylation is 1. The first kappa shape index (κ1) is 15.4. The molecule has 8 heteroatoms. The molecule has 1 aliphatic carbocycles. The van der Waals surface area contributed by atoms with Gasteiger partial charge in [0, 0.05) is 24.5 Å². The molecule has 2 unspecified atom stereocenters. The van der Waals surface area contributed by atoms with Crippen molar-refractivity contribution in [3.8, 4) is 0 Å². The van der Waals surface area contributed by atoms with Crippen molar-refractivity contribution in [2.45, 2.75) is 35.4 Å². The number of nitrogens with one attached hydrogen (secondary N) is 1. The molecule has 2 rings (SSSR count). The van der Waals surface area contributed by atoms with E-state index in [0.717, 1.165) is 19.3 Å². The van der Waals surface area contributed by atoms with Crippen LogP contribution in [-0.2, 0) is 17.1 Å². The zero-order chi connectivity index (χ0) is 14.9. The largest absolute Gasteiger partial charge is 0.477 e. The summed E-state index contributed by atoms with van der Waals surface area (Å²) in [4.78, 5) is 11.0. The Morgan fingerprint density at radius 1 is 1.50 bits per heavy atom. The van der Waals surface area contributed by atoms with Crippen LogP contribution in [0.3, 0.4) is 0 Å². The highest BCUT2D eigenvalue weighted by Crippen LogP contribution is 2.29. The zero-order valence-corrected chi connectivity index (χ0v) is 13.0. The fourth-order valence-electron chi connectivity index (χ4n) is 2.50. The van der Waals surface area contributed by atoms with Gasteiger partial charge in [0.25, 0.3) is 0 Å². The first-order valence-corrected chi connectivity index (χ1v) is 9.07. The first-order chi connectivity index (χ1) is 9.35. The molecule has 0 aliphatic heterocycles. The van der Waals surface area contributed by atoms with E-state index < -0.39 is 16.0 Å². The van der Waals surface area contributed by atoms with Crippen LogP contribution in [0.25, 0.3) is 0 Å². The first-order valence-electron chi connectivity index (χ1n) is 6.30. The molecule has 0 bridgehead atoms. The molecule has 0 amide bonds. The van der Waals surface area contributed by atoms with Gasteiger partial charge in [-0.3, -0.25) is 0 Å². The lowest BCUT2D eigenvalue weighted by molar-refractivity contribution is 0.0686. The summed E-state index contributed by atoms with van der Waals surface area (Å²) >= 11 is 1.66. The van der Waals surface area contributed by atoms with E-state index in [2.05, 4.69) is 4.72 Å². The van der Waals surface area contributed by atoms with E-state index in [-0.39, 0.29) is 21.9 Å². The number of hydrogen-bond acceptors (Lipinski definition) is 4. The highest BCUT2D eigenvalue weighted by Gasteiger charge is 2.31. The third-order valence-electron chi connectivity index (χ3n) is 3.57. The molecule has 1 heterocycles. The molecule has 6 nitrogen and oxygen atoms in total. The van der Waals surface area contributed by atoms with Gasteiger partial charge in [-0.2, -0.15) is 11.8 Å². The van der Waals surface area contributed by atoms with E-state index in [1.807, 2.05) is 6.26 Å². The van der Waals surface area contributed by atoms with Gasteiger partial charge in [-0.05, 0) is 25.2 Å². The van der Waals surface area contributed by atoms with Crippen molar-refractivity contribution in [1.82, 2.24) is 9.29 Å². The van der Waals surface area contributed by atoms with Gasteiger partial charge in [-0.25, -0.2) is 17.9 Å². The Balaban J connectivity index is 2.22. The van der Waals surface area contributed by atoms with Crippen LogP contribution in [0, 0.1) is 0 Å². The molecule has 1 fully saturated rings. The molecule has 1 aliphatic rings. The van der Waals surface area contributed by atoms with Crippen molar-refractivity contribution in [2.24, 2.45) is 7.05 Å². The predicted molar refractivity (Wildman–Crippen MR) is 77.6 cm³/mol. The minimum atomic E-state index is -3.67. The molecule has 0 radical (unpaired) electrons. The molecular weight excluding hydrogens is 300 g/mol. The van der Waals surface area contributed by atoms with Crippen molar-refractivity contribution >= 4 is 27.8 Å². The van der Waals surface area contributed by atoms with Gasteiger partial charge in [0.1, 0.15) is 10.6 Å². The van der Waals surface area contributed by atoms with Gasteiger partial charge in [0.2, 0.25) is 10.0 Å². The fourth-order valence-corrected chi connectivity index (χ4v) is 4.91. The Labute approximate surface area is 122 Å². The summed E-state index contributed by atoms with van der Waals surface area (Å²) in [5, 5.41) is 9.25. The highest BCUT2D eigenvalue weighted by atomic mass is 32.2. The summed E-state index contributed by atoms with van der Waals surface area (Å²) in [6, 6.07) is 1.11. The Kier molecular flexibility index (Phi) is 4.46. The van der Waals surface area contributed by atoms with Crippen LogP contribution in [0.15, 0.2) is 17.2 Å². The summed E-state index contributed by atoms with van der Waals surface area (Å²) in [7, 11) is -2.15. The van der Waals surface area contributed by atoms with E-state index >= 15 is 0 Å². The smallest absolute Gasteiger partial charge is 0.352 e. The van der Waals surface area contributed by atoms with E-state index in [1.165, 1.54) is 23.9 Å². The van der Waals surface area contributed by atoms with Gasteiger partial charge in [0.05, 0.1) is 0 Å². The standard InChI is InChI=1S/C12H18N2O4S2/c1-14-7-8(6-10(14)12(15)16)20(17,18)13-9-4-3-5-11(9)19-2/h6-7,9,11,13H,3-5H2,1-2H3,(H,15,16). The molecule has 0 aromatic carbocycles. The van der Waals surface area contributed by atoms with E-state index in [9.17, 15) is 13.2 Å². The second kappa shape index (κ2) is 5.79. The summed E-state index contributed by atoms with van der Waals surface area (Å²) in [5.41, 5.74) is -0.0433. The monoisotopic (exact) mass is 318 g/mol. The maximum atomic E-state index is 12.3. The number of hydrogen-bond donors (Lipinski definition) is 2. The molecule has 112 valence electrons. The Hall–Kier alpha value is -0.990. The van der Waals surface area contributed by atoms with Crippen molar-refractivity contribution in [2.75, 3.05) is 6.26 Å². The number of carboxylic acids is 1. The molecule has 0 spiro atoms. The molecule has 2 N–H and O–H groups in total. The Morgan fingerprint density at radius 2 is 2.20 bits per heavy atom. The minimum absolute atomic E-state index is 0.00385. The lowest BCUT2D eigenvalue weighted by atomic mass is 10.3. The molecule has 1 aromatic rings. The third kappa shape index (κ3) is 3.02. The highest BCUT2D eigenvalue weighted by molar-refractivity contribution is 7.99. The van der Waals surface area contributed by atoms with Gasteiger partial charge in [-0.15, -0.1) is 0 Å². The summed E-state index contributed by atoms with van der Waals surface area (Å²) in [5.74, 6) is -1.14. The minimum Gasteiger partial charge on any atom is -0.477 e. The van der Waals surface area contributed by atoms with Crippen LogP contribution in [0.4, 0.5) is 0 Å². The summed E-state index contributed by atoms with van der Waals surface area (Å²) < 4.78 is 28.6. The number of carboxylic acid groups (broad SMARTS) is 1. The van der Waals surface area contributed by atoms with Crippen LogP contribution in [0.5, 0.6) is 0 Å². The maximum absolute atomic E-state index is 12.3. The van der Waals surface area contributed by atoms with E-state index in [1.54, 1.807) is 11.8 Å². The van der Waals surface area contributed by atoms with E-state index in [4.69, 9.17) is 5.11 Å². The average Bonchev–Trinajstić information content (AvgIpc) is 2.95. The summed E-state index contributed by atoms with van der Waals surface area (Å²) in [6.07, 6.45) is 6.14. The number of rotatable bonds is 5. The van der Waals surface area contributed by atoms with Crippen LogP contribution in [0.1, 0.15) is 29.8 Å². The number of aromatic carboxylic acids is 1. The molecule has 1 saturated carbocycles. The normalized spacial score (nSPS) is 23.1. The Bertz CT molecular complexity index is 609. The van der Waals surface area contributed by atoms with Crippen LogP contribution >= 0.6 is 11.8 Å². The molecule has 2 atom stereocenters. The zero-order valence-electron chi connectivity index (χ0n) is 11.4. The lowest BCUT2D eigenvalue weighted by Crippen LogP contribution is -2.38. The quantitative estimate of drug-likeness (QED) is 0.854. The van der Waals surface area contributed by atoms with Gasteiger partial charge in [0.15, 0.2) is 0 Å². The number of nitrogens with zero attached hydrogens (tertiary/aromatic N) is 1. The molecular formula is C12H18N2O4S2. The number of aromatic nitrogens is 1. The van der Waals surface area contributed by atoms with Crippen molar-refractivity contribution in [3.63, 3.8) is 0 Å². The topological polar surface area (TPSA) is 88.4 Å². The van der Waals surface area contributed by atoms with Crippen molar-refractivity contribution in [1.29, 1.82) is 0 Å². The number of thioether (sulfide) groups is 1. The maximum Gasteiger partial charge on any atom is 0.352 e. The lowest BCUT2D eigenvalue weighted by Gasteiger charge is -2.18.